The summed E-state index contributed by atoms with van der Waals surface area (Å²) in [5, 5.41) is 8.57. The molecule has 1 saturated heterocycles. The predicted molar refractivity (Wildman–Crippen MR) is 75.4 cm³/mol. The molecule has 0 N–H and O–H groups in total. The van der Waals surface area contributed by atoms with Crippen molar-refractivity contribution in [3.8, 4) is 0 Å². The fourth-order valence-electron chi connectivity index (χ4n) is 2.66. The Morgan fingerprint density at radius 1 is 1.11 bits per heavy atom. The topological polar surface area (TPSA) is 36.7 Å². The van der Waals surface area contributed by atoms with Crippen molar-refractivity contribution < 1.29 is 0 Å². The number of likely N-dealkylation sites (N-methyl/N-ethyl adjacent to an activating group) is 1. The minimum Gasteiger partial charge on any atom is -0.304 e. The highest BCUT2D eigenvalue weighted by Crippen LogP contribution is 2.09. The van der Waals surface area contributed by atoms with Gasteiger partial charge in [-0.05, 0) is 26.1 Å². The zero-order chi connectivity index (χ0) is 13.2. The molecule has 102 valence electrons. The van der Waals surface area contributed by atoms with Crippen molar-refractivity contribution in [3.63, 3.8) is 0 Å². The van der Waals surface area contributed by atoms with Gasteiger partial charge in [0, 0.05) is 44.8 Å². The molecule has 0 radical (unpaired) electrons. The predicted octanol–water partition coefficient (Wildman–Crippen LogP) is 0.828. The normalized spacial score (nSPS) is 18.2. The summed E-state index contributed by atoms with van der Waals surface area (Å²) < 4.78 is 2.16. The third-order valence-corrected chi connectivity index (χ3v) is 3.94. The lowest BCUT2D eigenvalue weighted by Crippen LogP contribution is -2.45. The van der Waals surface area contributed by atoms with Crippen molar-refractivity contribution in [1.82, 2.24) is 24.4 Å². The summed E-state index contributed by atoms with van der Waals surface area (Å²) in [6, 6.07) is 6.15. The van der Waals surface area contributed by atoms with Gasteiger partial charge < -0.3 is 9.80 Å². The number of fused-ring (bicyclic) bond motifs is 1. The monoisotopic (exact) mass is 259 g/mol. The Morgan fingerprint density at radius 2 is 1.89 bits per heavy atom. The Bertz CT molecular complexity index is 554. The van der Waals surface area contributed by atoms with Crippen LogP contribution in [0.2, 0.25) is 0 Å². The third-order valence-electron chi connectivity index (χ3n) is 3.94. The van der Waals surface area contributed by atoms with Gasteiger partial charge in [0.1, 0.15) is 5.82 Å². The average Bonchev–Trinajstić information content (AvgIpc) is 2.83. The molecule has 1 fully saturated rings. The van der Waals surface area contributed by atoms with Crippen LogP contribution >= 0.6 is 0 Å². The number of aryl methyl sites for hydroxylation is 1. The molecule has 0 amide bonds. The van der Waals surface area contributed by atoms with Gasteiger partial charge in [0.15, 0.2) is 5.65 Å². The van der Waals surface area contributed by atoms with Crippen LogP contribution in [0.5, 0.6) is 0 Å². The molecule has 1 aliphatic rings. The van der Waals surface area contributed by atoms with E-state index in [0.717, 1.165) is 37.5 Å². The molecule has 0 aromatic carbocycles. The number of rotatable bonds is 3. The zero-order valence-electron chi connectivity index (χ0n) is 11.7. The highest BCUT2D eigenvalue weighted by Gasteiger charge is 2.15. The summed E-state index contributed by atoms with van der Waals surface area (Å²) >= 11 is 0. The van der Waals surface area contributed by atoms with Gasteiger partial charge >= 0.3 is 0 Å². The lowest BCUT2D eigenvalue weighted by Gasteiger charge is -2.32. The highest BCUT2D eigenvalue weighted by atomic mass is 15.3. The van der Waals surface area contributed by atoms with Gasteiger partial charge in [0.2, 0.25) is 0 Å². The molecule has 5 heteroatoms. The second-order valence-electron chi connectivity index (χ2n) is 5.37. The molecule has 2 aromatic rings. The number of pyridine rings is 1. The molecular weight excluding hydrogens is 238 g/mol. The van der Waals surface area contributed by atoms with E-state index in [9.17, 15) is 0 Å². The molecule has 0 saturated carbocycles. The van der Waals surface area contributed by atoms with Crippen molar-refractivity contribution in [2.45, 2.75) is 13.3 Å². The minimum absolute atomic E-state index is 0.952. The van der Waals surface area contributed by atoms with E-state index in [1.807, 2.05) is 12.1 Å². The molecule has 19 heavy (non-hydrogen) atoms. The number of piperazine rings is 1. The Kier molecular flexibility index (Phi) is 3.48. The van der Waals surface area contributed by atoms with E-state index in [1.54, 1.807) is 0 Å². The molecule has 2 aromatic heterocycles. The van der Waals surface area contributed by atoms with E-state index >= 15 is 0 Å². The smallest absolute Gasteiger partial charge is 0.160 e. The molecule has 0 aliphatic carbocycles. The first-order chi connectivity index (χ1) is 9.24. The Hall–Kier alpha value is -1.46. The summed E-state index contributed by atoms with van der Waals surface area (Å²) in [5.74, 6) is 1.08. The van der Waals surface area contributed by atoms with Crippen LogP contribution in [-0.2, 0) is 6.42 Å². The third kappa shape index (κ3) is 2.62. The molecular formula is C14H21N5. The number of hydrogen-bond acceptors (Lipinski definition) is 4. The van der Waals surface area contributed by atoms with Crippen LogP contribution < -0.4 is 0 Å². The maximum atomic E-state index is 4.33. The minimum atomic E-state index is 0.952. The van der Waals surface area contributed by atoms with E-state index in [-0.39, 0.29) is 0 Å². The van der Waals surface area contributed by atoms with Gasteiger partial charge in [-0.3, -0.25) is 4.40 Å². The van der Waals surface area contributed by atoms with Crippen molar-refractivity contribution >= 4 is 5.65 Å². The lowest BCUT2D eigenvalue weighted by atomic mass is 10.3. The molecule has 0 bridgehead atoms. The first-order valence-corrected chi connectivity index (χ1v) is 6.94. The molecule has 0 unspecified atom stereocenters. The van der Waals surface area contributed by atoms with Gasteiger partial charge in [-0.1, -0.05) is 6.07 Å². The van der Waals surface area contributed by atoms with Crippen LogP contribution in [0.25, 0.3) is 5.65 Å². The number of aromatic nitrogens is 3. The van der Waals surface area contributed by atoms with E-state index < -0.39 is 0 Å². The van der Waals surface area contributed by atoms with E-state index in [1.165, 1.54) is 18.8 Å². The van der Waals surface area contributed by atoms with Crippen LogP contribution in [-0.4, -0.2) is 64.2 Å². The summed E-state index contributed by atoms with van der Waals surface area (Å²) in [4.78, 5) is 4.90. The van der Waals surface area contributed by atoms with Gasteiger partial charge in [-0.15, -0.1) is 10.2 Å². The number of nitrogens with zero attached hydrogens (tertiary/aromatic N) is 5. The van der Waals surface area contributed by atoms with Crippen LogP contribution in [0.3, 0.4) is 0 Å². The summed E-state index contributed by atoms with van der Waals surface area (Å²) in [6.07, 6.45) is 0.968. The van der Waals surface area contributed by atoms with Crippen LogP contribution in [0, 0.1) is 6.92 Å². The van der Waals surface area contributed by atoms with Gasteiger partial charge in [-0.2, -0.15) is 0 Å². The van der Waals surface area contributed by atoms with Crippen LogP contribution in [0.4, 0.5) is 0 Å². The van der Waals surface area contributed by atoms with Crippen molar-refractivity contribution in [2.75, 3.05) is 39.8 Å². The Balaban J connectivity index is 1.69. The first kappa shape index (κ1) is 12.6. The number of hydrogen-bond donors (Lipinski definition) is 0. The standard InChI is InChI=1S/C14H21N5/c1-12-4-3-5-13-15-16-14(19(12)13)6-7-18-10-8-17(2)9-11-18/h3-5H,6-11H2,1-2H3. The Labute approximate surface area is 113 Å². The van der Waals surface area contributed by atoms with Gasteiger partial charge in [0.25, 0.3) is 0 Å². The van der Waals surface area contributed by atoms with Crippen LogP contribution in [0.15, 0.2) is 18.2 Å². The quantitative estimate of drug-likeness (QED) is 0.818. The maximum absolute atomic E-state index is 4.33. The zero-order valence-corrected chi connectivity index (χ0v) is 11.7. The lowest BCUT2D eigenvalue weighted by molar-refractivity contribution is 0.155. The molecule has 0 atom stereocenters. The van der Waals surface area contributed by atoms with E-state index in [0.29, 0.717) is 0 Å². The average molecular weight is 259 g/mol. The van der Waals surface area contributed by atoms with Crippen molar-refractivity contribution in [3.05, 3.63) is 29.7 Å². The second kappa shape index (κ2) is 5.27. The van der Waals surface area contributed by atoms with Crippen molar-refractivity contribution in [1.29, 1.82) is 0 Å². The Morgan fingerprint density at radius 3 is 2.68 bits per heavy atom. The summed E-state index contributed by atoms with van der Waals surface area (Å²) in [6.45, 7) is 7.83. The van der Waals surface area contributed by atoms with E-state index in [2.05, 4.69) is 44.4 Å². The highest BCUT2D eigenvalue weighted by molar-refractivity contribution is 5.39. The SMILES string of the molecule is Cc1cccc2nnc(CCN3CCN(C)CC3)n12. The molecule has 1 aliphatic heterocycles. The van der Waals surface area contributed by atoms with Gasteiger partial charge in [0.05, 0.1) is 0 Å². The fourth-order valence-corrected chi connectivity index (χ4v) is 2.66. The maximum Gasteiger partial charge on any atom is 0.160 e. The molecule has 5 nitrogen and oxygen atoms in total. The van der Waals surface area contributed by atoms with Gasteiger partial charge in [-0.25, -0.2) is 0 Å². The molecule has 3 heterocycles. The summed E-state index contributed by atoms with van der Waals surface area (Å²) in [5.41, 5.74) is 2.16. The molecule has 0 spiro atoms. The second-order valence-corrected chi connectivity index (χ2v) is 5.37. The molecule has 3 rings (SSSR count). The van der Waals surface area contributed by atoms with Crippen molar-refractivity contribution in [2.24, 2.45) is 0 Å². The van der Waals surface area contributed by atoms with Crippen LogP contribution in [0.1, 0.15) is 11.5 Å². The van der Waals surface area contributed by atoms with E-state index in [4.69, 9.17) is 0 Å². The summed E-state index contributed by atoms with van der Waals surface area (Å²) in [7, 11) is 2.19. The first-order valence-electron chi connectivity index (χ1n) is 6.94. The largest absolute Gasteiger partial charge is 0.304 e. The fraction of sp³-hybridized carbons (Fsp3) is 0.571.